The molecule has 2 aromatic carbocycles. The zero-order chi connectivity index (χ0) is 24.0. The number of alkyl carbamates (subject to hydrolysis) is 1. The molecule has 0 bridgehead atoms. The van der Waals surface area contributed by atoms with E-state index in [1.54, 1.807) is 0 Å². The first-order chi connectivity index (χ1) is 15.8. The first-order valence-corrected chi connectivity index (χ1v) is 11.4. The van der Waals surface area contributed by atoms with E-state index < -0.39 is 30.1 Å². The SMILES string of the molecule is CCC(CC(=O)N[C@@H](CC(C)C)C(=O)O)NC(=O)OCC1c2ccccc2-c2ccccc21. The number of amides is 2. The van der Waals surface area contributed by atoms with Crippen LogP contribution in [0.5, 0.6) is 0 Å². The average molecular weight is 453 g/mol. The van der Waals surface area contributed by atoms with Gasteiger partial charge in [-0.1, -0.05) is 69.3 Å². The van der Waals surface area contributed by atoms with Crippen LogP contribution in [0.1, 0.15) is 57.1 Å². The highest BCUT2D eigenvalue weighted by atomic mass is 16.5. The molecule has 0 aromatic heterocycles. The monoisotopic (exact) mass is 452 g/mol. The van der Waals surface area contributed by atoms with Gasteiger partial charge in [0.05, 0.1) is 0 Å². The molecule has 0 saturated carbocycles. The van der Waals surface area contributed by atoms with Crippen molar-refractivity contribution in [3.8, 4) is 11.1 Å². The van der Waals surface area contributed by atoms with Crippen LogP contribution in [-0.2, 0) is 14.3 Å². The fraction of sp³-hybridized carbons (Fsp3) is 0.423. The van der Waals surface area contributed by atoms with Gasteiger partial charge in [0.2, 0.25) is 5.91 Å². The Bertz CT molecular complexity index is 958. The normalized spacial score (nSPS) is 14.2. The summed E-state index contributed by atoms with van der Waals surface area (Å²) in [7, 11) is 0. The number of carboxylic acids is 1. The smallest absolute Gasteiger partial charge is 0.407 e. The second kappa shape index (κ2) is 11.0. The van der Waals surface area contributed by atoms with E-state index in [1.807, 2.05) is 45.0 Å². The maximum atomic E-state index is 12.5. The lowest BCUT2D eigenvalue weighted by molar-refractivity contribution is -0.142. The highest BCUT2D eigenvalue weighted by Gasteiger charge is 2.29. The number of carboxylic acid groups (broad SMARTS) is 1. The number of fused-ring (bicyclic) bond motifs is 3. The first kappa shape index (κ1) is 24.3. The summed E-state index contributed by atoms with van der Waals surface area (Å²) in [5, 5.41) is 14.6. The number of carbonyl (C=O) groups excluding carboxylic acids is 2. The summed E-state index contributed by atoms with van der Waals surface area (Å²) in [6, 6.07) is 14.8. The summed E-state index contributed by atoms with van der Waals surface area (Å²) in [5.41, 5.74) is 4.56. The lowest BCUT2D eigenvalue weighted by Crippen LogP contribution is -2.45. The summed E-state index contributed by atoms with van der Waals surface area (Å²) >= 11 is 0. The van der Waals surface area contributed by atoms with E-state index in [9.17, 15) is 19.5 Å². The van der Waals surface area contributed by atoms with Gasteiger partial charge in [0.25, 0.3) is 0 Å². The number of rotatable bonds is 10. The van der Waals surface area contributed by atoms with Gasteiger partial charge in [-0.15, -0.1) is 0 Å². The average Bonchev–Trinajstić information content (AvgIpc) is 3.10. The molecular weight excluding hydrogens is 420 g/mol. The van der Waals surface area contributed by atoms with Crippen LogP contribution in [0.2, 0.25) is 0 Å². The molecule has 7 nitrogen and oxygen atoms in total. The Morgan fingerprint density at radius 3 is 2.06 bits per heavy atom. The van der Waals surface area contributed by atoms with Crippen molar-refractivity contribution in [2.45, 2.75) is 58.0 Å². The highest BCUT2D eigenvalue weighted by Crippen LogP contribution is 2.44. The fourth-order valence-corrected chi connectivity index (χ4v) is 4.27. The van der Waals surface area contributed by atoms with Gasteiger partial charge in [-0.3, -0.25) is 4.79 Å². The number of hydrogen-bond acceptors (Lipinski definition) is 4. The number of aliphatic carboxylic acids is 1. The lowest BCUT2D eigenvalue weighted by atomic mass is 9.98. The van der Waals surface area contributed by atoms with E-state index >= 15 is 0 Å². The van der Waals surface area contributed by atoms with Crippen molar-refractivity contribution in [2.24, 2.45) is 5.92 Å². The number of ether oxygens (including phenoxy) is 1. The van der Waals surface area contributed by atoms with E-state index in [-0.39, 0.29) is 24.9 Å². The molecule has 33 heavy (non-hydrogen) atoms. The molecule has 0 radical (unpaired) electrons. The van der Waals surface area contributed by atoms with E-state index in [2.05, 4.69) is 34.9 Å². The Labute approximate surface area is 194 Å². The molecule has 3 N–H and O–H groups in total. The summed E-state index contributed by atoms with van der Waals surface area (Å²) < 4.78 is 5.55. The Balaban J connectivity index is 1.55. The Kier molecular flexibility index (Phi) is 8.09. The van der Waals surface area contributed by atoms with Crippen LogP contribution in [0.3, 0.4) is 0 Å². The molecular formula is C26H32N2O5. The minimum Gasteiger partial charge on any atom is -0.480 e. The molecule has 1 unspecified atom stereocenters. The summed E-state index contributed by atoms with van der Waals surface area (Å²) in [6.07, 6.45) is 0.258. The third-order valence-corrected chi connectivity index (χ3v) is 5.93. The van der Waals surface area contributed by atoms with Crippen LogP contribution in [0.15, 0.2) is 48.5 Å². The molecule has 2 amide bonds. The van der Waals surface area contributed by atoms with E-state index in [4.69, 9.17) is 4.74 Å². The number of nitrogens with one attached hydrogen (secondary N) is 2. The van der Waals surface area contributed by atoms with E-state index in [1.165, 1.54) is 0 Å². The standard InChI is InChI=1S/C26H32N2O5/c1-4-17(14-24(29)28-23(25(30)31)13-16(2)3)27-26(32)33-15-22-20-11-7-5-9-18(20)19-10-6-8-12-21(19)22/h5-12,16-17,22-23H,4,13-15H2,1-3H3,(H,27,32)(H,28,29)(H,30,31)/t17?,23-/m0/s1. The molecule has 0 spiro atoms. The van der Waals surface area contributed by atoms with Crippen molar-refractivity contribution in [3.63, 3.8) is 0 Å². The quantitative estimate of drug-likeness (QED) is 0.498. The topological polar surface area (TPSA) is 105 Å². The van der Waals surface area contributed by atoms with Crippen molar-refractivity contribution in [1.29, 1.82) is 0 Å². The van der Waals surface area contributed by atoms with Crippen LogP contribution in [0, 0.1) is 5.92 Å². The molecule has 0 heterocycles. The number of carbonyl (C=O) groups is 3. The van der Waals surface area contributed by atoms with Crippen LogP contribution in [0.4, 0.5) is 4.79 Å². The zero-order valence-electron chi connectivity index (χ0n) is 19.3. The molecule has 0 saturated heterocycles. The third kappa shape index (κ3) is 6.12. The molecule has 0 fully saturated rings. The maximum absolute atomic E-state index is 12.5. The molecule has 176 valence electrons. The predicted molar refractivity (Wildman–Crippen MR) is 126 cm³/mol. The van der Waals surface area contributed by atoms with Crippen molar-refractivity contribution in [3.05, 3.63) is 59.7 Å². The molecule has 1 aliphatic rings. The molecule has 3 rings (SSSR count). The highest BCUT2D eigenvalue weighted by molar-refractivity contribution is 5.84. The molecule has 2 aromatic rings. The van der Waals surface area contributed by atoms with Gasteiger partial charge in [-0.2, -0.15) is 0 Å². The van der Waals surface area contributed by atoms with Gasteiger partial charge < -0.3 is 20.5 Å². The summed E-state index contributed by atoms with van der Waals surface area (Å²) in [5.74, 6) is -1.38. The molecule has 7 heteroatoms. The molecule has 2 atom stereocenters. The van der Waals surface area contributed by atoms with Crippen molar-refractivity contribution in [2.75, 3.05) is 6.61 Å². The van der Waals surface area contributed by atoms with Crippen molar-refractivity contribution in [1.82, 2.24) is 10.6 Å². The maximum Gasteiger partial charge on any atom is 0.407 e. The zero-order valence-corrected chi connectivity index (χ0v) is 19.3. The minimum atomic E-state index is -1.06. The number of hydrogen-bond donors (Lipinski definition) is 3. The largest absolute Gasteiger partial charge is 0.480 e. The van der Waals surface area contributed by atoms with Gasteiger partial charge in [0, 0.05) is 18.4 Å². The van der Waals surface area contributed by atoms with Gasteiger partial charge in [0.1, 0.15) is 12.6 Å². The van der Waals surface area contributed by atoms with Gasteiger partial charge >= 0.3 is 12.1 Å². The Hall–Kier alpha value is -3.35. The Morgan fingerprint density at radius 1 is 0.970 bits per heavy atom. The Morgan fingerprint density at radius 2 is 1.55 bits per heavy atom. The van der Waals surface area contributed by atoms with E-state index in [0.717, 1.165) is 22.3 Å². The molecule has 1 aliphatic carbocycles. The van der Waals surface area contributed by atoms with Crippen LogP contribution in [-0.4, -0.2) is 41.8 Å². The summed E-state index contributed by atoms with van der Waals surface area (Å²) in [6.45, 7) is 5.84. The second-order valence-corrected chi connectivity index (χ2v) is 8.87. The van der Waals surface area contributed by atoms with Crippen molar-refractivity contribution < 1.29 is 24.2 Å². The third-order valence-electron chi connectivity index (χ3n) is 5.93. The van der Waals surface area contributed by atoms with Crippen LogP contribution >= 0.6 is 0 Å². The van der Waals surface area contributed by atoms with Gasteiger partial charge in [0.15, 0.2) is 0 Å². The molecule has 0 aliphatic heterocycles. The van der Waals surface area contributed by atoms with Crippen LogP contribution < -0.4 is 10.6 Å². The predicted octanol–water partition coefficient (Wildman–Crippen LogP) is 4.31. The fourth-order valence-electron chi connectivity index (χ4n) is 4.27. The summed E-state index contributed by atoms with van der Waals surface area (Å²) in [4.78, 5) is 36.2. The van der Waals surface area contributed by atoms with Gasteiger partial charge in [-0.25, -0.2) is 9.59 Å². The second-order valence-electron chi connectivity index (χ2n) is 8.87. The van der Waals surface area contributed by atoms with E-state index in [0.29, 0.717) is 12.8 Å². The first-order valence-electron chi connectivity index (χ1n) is 11.4. The van der Waals surface area contributed by atoms with Crippen LogP contribution in [0.25, 0.3) is 11.1 Å². The lowest BCUT2D eigenvalue weighted by Gasteiger charge is -2.20. The minimum absolute atomic E-state index is 0.0113. The van der Waals surface area contributed by atoms with Gasteiger partial charge in [-0.05, 0) is 41.0 Å². The van der Waals surface area contributed by atoms with Crippen molar-refractivity contribution >= 4 is 18.0 Å². The number of benzene rings is 2.